The minimum Gasteiger partial charge on any atom is -0.662 e. The van der Waals surface area contributed by atoms with E-state index >= 15 is 0 Å². The van der Waals surface area contributed by atoms with Crippen LogP contribution in [0.1, 0.15) is 13.8 Å². The van der Waals surface area contributed by atoms with Crippen LogP contribution in [0.4, 0.5) is 0 Å². The van der Waals surface area contributed by atoms with Gasteiger partial charge in [-0.25, -0.2) is 0 Å². The maximum absolute atomic E-state index is 10.2. The summed E-state index contributed by atoms with van der Waals surface area (Å²) in [5, 5.41) is 12.3. The zero-order chi connectivity index (χ0) is 7.44. The molecule has 4 heteroatoms. The molecule has 0 aliphatic heterocycles. The number of rotatable bonds is 3. The summed E-state index contributed by atoms with van der Waals surface area (Å²) < 4.78 is 0. The molecule has 0 aliphatic rings. The SMILES string of the molecule is C[N-]C(C)C(C)C(=O)O.[Pr+3]. The van der Waals surface area contributed by atoms with Gasteiger partial charge >= 0.3 is 47.3 Å². The van der Waals surface area contributed by atoms with Crippen molar-refractivity contribution in [2.24, 2.45) is 5.92 Å². The van der Waals surface area contributed by atoms with Gasteiger partial charge in [0.2, 0.25) is 0 Å². The summed E-state index contributed by atoms with van der Waals surface area (Å²) in [5.41, 5.74) is 0. The van der Waals surface area contributed by atoms with Crippen LogP contribution < -0.4 is 0 Å². The standard InChI is InChI=1S/C6H12NO2.Pr/c1-4(6(8)9)5(2)7-3;/h4-5H,1-3H3,(H,8,9);/q-1;+3. The van der Waals surface area contributed by atoms with E-state index in [1.165, 1.54) is 0 Å². The maximum Gasteiger partial charge on any atom is 3.00 e. The van der Waals surface area contributed by atoms with E-state index in [-0.39, 0.29) is 53.3 Å². The zero-order valence-corrected chi connectivity index (χ0v) is 10.2. The molecular formula is C6H12NO2Pr+2. The van der Waals surface area contributed by atoms with Gasteiger partial charge in [-0.3, -0.25) is 4.79 Å². The fraction of sp³-hybridized carbons (Fsp3) is 0.833. The molecule has 2 unspecified atom stereocenters. The summed E-state index contributed by atoms with van der Waals surface area (Å²) in [5.74, 6) is -1.15. The monoisotopic (exact) mass is 271 g/mol. The summed E-state index contributed by atoms with van der Waals surface area (Å²) in [6.45, 7) is 3.44. The summed E-state index contributed by atoms with van der Waals surface area (Å²) in [4.78, 5) is 10.2. The predicted molar refractivity (Wildman–Crippen MR) is 35.5 cm³/mol. The fourth-order valence-electron chi connectivity index (χ4n) is 0.430. The van der Waals surface area contributed by atoms with Crippen molar-refractivity contribution >= 4 is 5.97 Å². The van der Waals surface area contributed by atoms with Gasteiger partial charge in [0, 0.05) is 5.92 Å². The van der Waals surface area contributed by atoms with Crippen molar-refractivity contribution < 1.29 is 51.2 Å². The van der Waals surface area contributed by atoms with Crippen molar-refractivity contribution in [3.05, 3.63) is 5.32 Å². The van der Waals surface area contributed by atoms with Gasteiger partial charge in [-0.1, -0.05) is 13.8 Å². The maximum atomic E-state index is 10.2. The first-order valence-electron chi connectivity index (χ1n) is 2.91. The first kappa shape index (κ1) is 13.4. The van der Waals surface area contributed by atoms with Crippen molar-refractivity contribution in [1.82, 2.24) is 0 Å². The molecule has 0 aromatic carbocycles. The van der Waals surface area contributed by atoms with Gasteiger partial charge < -0.3 is 10.4 Å². The van der Waals surface area contributed by atoms with Crippen LogP contribution in [-0.4, -0.2) is 24.2 Å². The average molecular weight is 271 g/mol. The average Bonchev–Trinajstić information content (AvgIpc) is 1.84. The van der Waals surface area contributed by atoms with Crippen LogP contribution in [0.2, 0.25) is 0 Å². The molecule has 0 spiro atoms. The van der Waals surface area contributed by atoms with Gasteiger partial charge in [-0.2, -0.15) is 7.05 Å². The van der Waals surface area contributed by atoms with E-state index in [2.05, 4.69) is 5.32 Å². The zero-order valence-electron chi connectivity index (χ0n) is 6.53. The van der Waals surface area contributed by atoms with Gasteiger partial charge in [0.15, 0.2) is 0 Å². The molecular weight excluding hydrogens is 259 g/mol. The second kappa shape index (κ2) is 6.50. The number of hydrogen-bond acceptors (Lipinski definition) is 1. The number of nitrogens with zero attached hydrogens (tertiary/aromatic N) is 1. The fourth-order valence-corrected chi connectivity index (χ4v) is 0.430. The normalized spacial score (nSPS) is 15.1. The Labute approximate surface area is 94.5 Å². The van der Waals surface area contributed by atoms with Crippen LogP contribution >= 0.6 is 0 Å². The molecule has 0 rings (SSSR count). The summed E-state index contributed by atoms with van der Waals surface area (Å²) >= 11 is 0. The Bertz CT molecular complexity index is 108. The minimum atomic E-state index is -0.784. The van der Waals surface area contributed by atoms with Crippen LogP contribution in [0.3, 0.4) is 0 Å². The summed E-state index contributed by atoms with van der Waals surface area (Å²) in [6.07, 6.45) is 0. The van der Waals surface area contributed by atoms with Crippen LogP contribution in [0, 0.1) is 47.2 Å². The Hall–Kier alpha value is 0.794. The van der Waals surface area contributed by atoms with Crippen molar-refractivity contribution in [2.75, 3.05) is 7.05 Å². The quantitative estimate of drug-likeness (QED) is 0.835. The third-order valence-electron chi connectivity index (χ3n) is 1.52. The van der Waals surface area contributed by atoms with Crippen molar-refractivity contribution in [1.29, 1.82) is 0 Å². The number of carbonyl (C=O) groups is 1. The molecule has 0 heterocycles. The van der Waals surface area contributed by atoms with E-state index in [0.29, 0.717) is 0 Å². The molecule has 10 heavy (non-hydrogen) atoms. The smallest absolute Gasteiger partial charge is 0.662 e. The Morgan fingerprint density at radius 3 is 2.00 bits per heavy atom. The summed E-state index contributed by atoms with van der Waals surface area (Å²) in [6, 6.07) is -0.0810. The van der Waals surface area contributed by atoms with Crippen LogP contribution in [0.15, 0.2) is 0 Å². The van der Waals surface area contributed by atoms with E-state index < -0.39 is 5.97 Å². The molecule has 0 saturated heterocycles. The Morgan fingerprint density at radius 1 is 1.50 bits per heavy atom. The Balaban J connectivity index is 0. The molecule has 0 aromatic heterocycles. The Kier molecular flexibility index (Phi) is 8.70. The minimum absolute atomic E-state index is 0. The van der Waals surface area contributed by atoms with Crippen molar-refractivity contribution in [3.63, 3.8) is 0 Å². The van der Waals surface area contributed by atoms with Crippen molar-refractivity contribution in [3.8, 4) is 0 Å². The second-order valence-electron chi connectivity index (χ2n) is 2.13. The Morgan fingerprint density at radius 2 is 1.90 bits per heavy atom. The number of hydrogen-bond donors (Lipinski definition) is 1. The summed E-state index contributed by atoms with van der Waals surface area (Å²) in [7, 11) is 1.63. The van der Waals surface area contributed by atoms with Crippen LogP contribution in [0.25, 0.3) is 5.32 Å². The van der Waals surface area contributed by atoms with Crippen molar-refractivity contribution in [2.45, 2.75) is 19.9 Å². The van der Waals surface area contributed by atoms with Gasteiger partial charge in [-0.05, 0) is 0 Å². The van der Waals surface area contributed by atoms with E-state index in [1.54, 1.807) is 20.9 Å². The molecule has 0 radical (unpaired) electrons. The van der Waals surface area contributed by atoms with Gasteiger partial charge in [0.05, 0.1) is 0 Å². The molecule has 0 fully saturated rings. The third kappa shape index (κ3) is 4.58. The van der Waals surface area contributed by atoms with Gasteiger partial charge in [0.1, 0.15) is 0 Å². The molecule has 0 amide bonds. The number of carboxylic acids is 1. The number of carboxylic acid groups (broad SMARTS) is 1. The molecule has 0 saturated carbocycles. The molecule has 0 aliphatic carbocycles. The first-order chi connectivity index (χ1) is 4.09. The second-order valence-corrected chi connectivity index (χ2v) is 2.13. The van der Waals surface area contributed by atoms with Crippen LogP contribution in [-0.2, 0) is 4.79 Å². The molecule has 0 bridgehead atoms. The predicted octanol–water partition coefficient (Wildman–Crippen LogP) is 1.10. The van der Waals surface area contributed by atoms with E-state index in [0.717, 1.165) is 0 Å². The molecule has 0 aromatic rings. The largest absolute Gasteiger partial charge is 3.00 e. The van der Waals surface area contributed by atoms with Gasteiger partial charge in [0.25, 0.3) is 0 Å². The third-order valence-corrected chi connectivity index (χ3v) is 1.52. The first-order valence-corrected chi connectivity index (χ1v) is 2.91. The van der Waals surface area contributed by atoms with E-state index in [1.807, 2.05) is 0 Å². The molecule has 54 valence electrons. The molecule has 2 atom stereocenters. The number of aliphatic carboxylic acids is 1. The molecule has 1 N–H and O–H groups in total. The van der Waals surface area contributed by atoms with Crippen LogP contribution in [0.5, 0.6) is 0 Å². The van der Waals surface area contributed by atoms with E-state index in [9.17, 15) is 4.79 Å². The topological polar surface area (TPSA) is 51.4 Å². The van der Waals surface area contributed by atoms with E-state index in [4.69, 9.17) is 5.11 Å². The van der Waals surface area contributed by atoms with Gasteiger partial charge in [-0.15, -0.1) is 6.04 Å². The molecule has 3 nitrogen and oxygen atoms in total.